The predicted octanol–water partition coefficient (Wildman–Crippen LogP) is 5.17. The van der Waals surface area contributed by atoms with Gasteiger partial charge >= 0.3 is 5.97 Å². The first-order valence-corrected chi connectivity index (χ1v) is 10.3. The fraction of sp³-hybridized carbons (Fsp3) is 0.120. The molecule has 4 aromatic rings. The van der Waals surface area contributed by atoms with Crippen LogP contribution >= 0.6 is 0 Å². The van der Waals surface area contributed by atoms with Gasteiger partial charge in [0.1, 0.15) is 11.6 Å². The molecule has 34 heavy (non-hydrogen) atoms. The van der Waals surface area contributed by atoms with E-state index in [1.54, 1.807) is 12.1 Å². The summed E-state index contributed by atoms with van der Waals surface area (Å²) in [6, 6.07) is 16.6. The van der Waals surface area contributed by atoms with E-state index in [1.807, 2.05) is 31.2 Å². The van der Waals surface area contributed by atoms with Gasteiger partial charge in [-0.2, -0.15) is 0 Å². The molecule has 1 N–H and O–H groups in total. The second kappa shape index (κ2) is 9.62. The maximum Gasteiger partial charge on any atom is 0.338 e. The van der Waals surface area contributed by atoms with Gasteiger partial charge in [-0.25, -0.2) is 13.6 Å². The Kier molecular flexibility index (Phi) is 6.44. The van der Waals surface area contributed by atoms with Crippen LogP contribution in [0.15, 0.2) is 71.1 Å². The molecule has 0 aliphatic heterocycles. The molecule has 0 radical (unpaired) electrons. The fourth-order valence-corrected chi connectivity index (χ4v) is 3.01. The summed E-state index contributed by atoms with van der Waals surface area (Å²) >= 11 is 0. The molecular formula is C25H19F2N3O4. The number of esters is 1. The molecule has 0 fully saturated rings. The van der Waals surface area contributed by atoms with Crippen molar-refractivity contribution in [2.24, 2.45) is 0 Å². The molecule has 0 aliphatic carbocycles. The standard InChI is InChI=1S/C25H19F2N3O4/c1-14-3-5-16(6-4-14)23-29-30-24(34-23)17-7-9-18(10-8-17)25(32)33-15(2)22(31)28-21-12-11-19(26)13-20(21)27/h3-13,15H,1-2H3,(H,28,31). The third-order valence-electron chi connectivity index (χ3n) is 4.93. The van der Waals surface area contributed by atoms with E-state index in [9.17, 15) is 18.4 Å². The Labute approximate surface area is 193 Å². The number of hydrogen-bond acceptors (Lipinski definition) is 6. The van der Waals surface area contributed by atoms with Gasteiger partial charge in [0.2, 0.25) is 11.8 Å². The van der Waals surface area contributed by atoms with Crippen molar-refractivity contribution in [1.29, 1.82) is 0 Å². The van der Waals surface area contributed by atoms with E-state index in [-0.39, 0.29) is 17.1 Å². The van der Waals surface area contributed by atoms with Crippen molar-refractivity contribution in [3.63, 3.8) is 0 Å². The second-order valence-electron chi connectivity index (χ2n) is 7.52. The van der Waals surface area contributed by atoms with Gasteiger partial charge in [-0.05, 0) is 62.4 Å². The minimum atomic E-state index is -1.22. The van der Waals surface area contributed by atoms with Crippen LogP contribution in [0.25, 0.3) is 22.9 Å². The Morgan fingerprint density at radius 1 is 0.912 bits per heavy atom. The zero-order valence-electron chi connectivity index (χ0n) is 18.2. The van der Waals surface area contributed by atoms with Crippen LogP contribution in [-0.4, -0.2) is 28.2 Å². The van der Waals surface area contributed by atoms with Gasteiger partial charge in [0.15, 0.2) is 6.10 Å². The lowest BCUT2D eigenvalue weighted by atomic mass is 10.1. The lowest BCUT2D eigenvalue weighted by molar-refractivity contribution is -0.123. The molecule has 1 amide bonds. The van der Waals surface area contributed by atoms with Gasteiger partial charge in [0.25, 0.3) is 5.91 Å². The Morgan fingerprint density at radius 2 is 1.50 bits per heavy atom. The Bertz CT molecular complexity index is 1340. The van der Waals surface area contributed by atoms with Crippen molar-refractivity contribution in [2.75, 3.05) is 5.32 Å². The molecule has 1 aromatic heterocycles. The van der Waals surface area contributed by atoms with Gasteiger partial charge in [-0.1, -0.05) is 17.7 Å². The summed E-state index contributed by atoms with van der Waals surface area (Å²) in [6.07, 6.45) is -1.22. The zero-order chi connectivity index (χ0) is 24.2. The highest BCUT2D eigenvalue weighted by atomic mass is 19.1. The smallest absolute Gasteiger partial charge is 0.338 e. The molecule has 1 atom stereocenters. The number of amides is 1. The van der Waals surface area contributed by atoms with Crippen molar-refractivity contribution in [3.05, 3.63) is 89.5 Å². The number of aromatic nitrogens is 2. The van der Waals surface area contributed by atoms with Gasteiger partial charge < -0.3 is 14.5 Å². The van der Waals surface area contributed by atoms with E-state index in [0.717, 1.165) is 23.3 Å². The number of carbonyl (C=O) groups is 2. The SMILES string of the molecule is Cc1ccc(-c2nnc(-c3ccc(C(=O)OC(C)C(=O)Nc4ccc(F)cc4F)cc3)o2)cc1. The number of nitrogens with one attached hydrogen (secondary N) is 1. The molecule has 0 aliphatic rings. The topological polar surface area (TPSA) is 94.3 Å². The van der Waals surface area contributed by atoms with Crippen molar-refractivity contribution >= 4 is 17.6 Å². The fourth-order valence-electron chi connectivity index (χ4n) is 3.01. The summed E-state index contributed by atoms with van der Waals surface area (Å²) in [4.78, 5) is 24.6. The summed E-state index contributed by atoms with van der Waals surface area (Å²) in [5, 5.41) is 10.4. The number of carbonyl (C=O) groups excluding carboxylic acids is 2. The Balaban J connectivity index is 1.39. The Hall–Kier alpha value is -4.40. The first-order chi connectivity index (χ1) is 16.3. The summed E-state index contributed by atoms with van der Waals surface area (Å²) in [5.74, 6) is -2.57. The summed E-state index contributed by atoms with van der Waals surface area (Å²) in [6.45, 7) is 3.32. The average molecular weight is 463 g/mol. The quantitative estimate of drug-likeness (QED) is 0.396. The number of rotatable bonds is 6. The molecule has 3 aromatic carbocycles. The molecule has 7 nitrogen and oxygen atoms in total. The van der Waals surface area contributed by atoms with Crippen LogP contribution in [0, 0.1) is 18.6 Å². The monoisotopic (exact) mass is 463 g/mol. The number of hydrogen-bond donors (Lipinski definition) is 1. The largest absolute Gasteiger partial charge is 0.449 e. The van der Waals surface area contributed by atoms with E-state index in [4.69, 9.17) is 9.15 Å². The minimum Gasteiger partial charge on any atom is -0.449 e. The van der Waals surface area contributed by atoms with Gasteiger partial charge in [0, 0.05) is 17.2 Å². The summed E-state index contributed by atoms with van der Waals surface area (Å²) in [7, 11) is 0. The highest BCUT2D eigenvalue weighted by Crippen LogP contribution is 2.24. The number of aryl methyl sites for hydroxylation is 1. The van der Waals surface area contributed by atoms with E-state index in [2.05, 4.69) is 15.5 Å². The van der Waals surface area contributed by atoms with Crippen molar-refractivity contribution in [2.45, 2.75) is 20.0 Å². The third kappa shape index (κ3) is 5.15. The van der Waals surface area contributed by atoms with Crippen LogP contribution in [0.5, 0.6) is 0 Å². The molecule has 0 bridgehead atoms. The number of anilines is 1. The molecule has 1 unspecified atom stereocenters. The third-order valence-corrected chi connectivity index (χ3v) is 4.93. The van der Waals surface area contributed by atoms with Crippen molar-refractivity contribution in [3.8, 4) is 22.9 Å². The van der Waals surface area contributed by atoms with Crippen molar-refractivity contribution < 1.29 is 27.5 Å². The van der Waals surface area contributed by atoms with Crippen LogP contribution in [0.4, 0.5) is 14.5 Å². The van der Waals surface area contributed by atoms with E-state index in [1.165, 1.54) is 19.1 Å². The maximum atomic E-state index is 13.7. The lowest BCUT2D eigenvalue weighted by Gasteiger charge is -2.14. The maximum absolute atomic E-state index is 13.7. The summed E-state index contributed by atoms with van der Waals surface area (Å²) in [5.41, 5.74) is 2.47. The molecule has 0 saturated heterocycles. The van der Waals surface area contributed by atoms with Gasteiger partial charge in [-0.15, -0.1) is 10.2 Å². The molecule has 0 spiro atoms. The number of ether oxygens (including phenoxy) is 1. The average Bonchev–Trinajstić information content (AvgIpc) is 3.31. The minimum absolute atomic E-state index is 0.189. The Morgan fingerprint density at radius 3 is 2.09 bits per heavy atom. The first-order valence-electron chi connectivity index (χ1n) is 10.3. The first kappa shape index (κ1) is 22.8. The molecule has 0 saturated carbocycles. The molecule has 4 rings (SSSR count). The van der Waals surface area contributed by atoms with Crippen LogP contribution in [0.3, 0.4) is 0 Å². The second-order valence-corrected chi connectivity index (χ2v) is 7.52. The molecule has 1 heterocycles. The van der Waals surface area contributed by atoms with Crippen LogP contribution in [-0.2, 0) is 9.53 Å². The molecule has 172 valence electrons. The van der Waals surface area contributed by atoms with Gasteiger partial charge in [-0.3, -0.25) is 4.79 Å². The molecular weight excluding hydrogens is 444 g/mol. The normalized spacial score (nSPS) is 11.6. The van der Waals surface area contributed by atoms with E-state index >= 15 is 0 Å². The van der Waals surface area contributed by atoms with E-state index < -0.39 is 29.6 Å². The van der Waals surface area contributed by atoms with Crippen LogP contribution in [0.1, 0.15) is 22.8 Å². The highest BCUT2D eigenvalue weighted by molar-refractivity contribution is 5.97. The summed E-state index contributed by atoms with van der Waals surface area (Å²) < 4.78 is 37.6. The van der Waals surface area contributed by atoms with E-state index in [0.29, 0.717) is 17.5 Å². The lowest BCUT2D eigenvalue weighted by Crippen LogP contribution is -2.30. The van der Waals surface area contributed by atoms with Crippen molar-refractivity contribution in [1.82, 2.24) is 10.2 Å². The molecule has 9 heteroatoms. The van der Waals surface area contributed by atoms with Gasteiger partial charge in [0.05, 0.1) is 11.3 Å². The number of nitrogens with zero attached hydrogens (tertiary/aromatic N) is 2. The van der Waals surface area contributed by atoms with Crippen LogP contribution < -0.4 is 5.32 Å². The van der Waals surface area contributed by atoms with Crippen LogP contribution in [0.2, 0.25) is 0 Å². The number of benzene rings is 3. The number of halogens is 2. The zero-order valence-corrected chi connectivity index (χ0v) is 18.2. The predicted molar refractivity (Wildman–Crippen MR) is 120 cm³/mol. The highest BCUT2D eigenvalue weighted by Gasteiger charge is 2.21.